The maximum absolute atomic E-state index is 12.7. The molecule has 3 N–H and O–H groups in total. The molecular weight excluding hydrogens is 536 g/mol. The number of unbranched alkanes of at least 4 members (excludes halogenated alkanes) is 2. The van der Waals surface area contributed by atoms with E-state index in [4.69, 9.17) is 0 Å². The van der Waals surface area contributed by atoms with E-state index in [0.29, 0.717) is 23.9 Å². The Labute approximate surface area is 244 Å². The number of amidine groups is 1. The number of carbonyl (C=O) groups is 2. The fourth-order valence-corrected chi connectivity index (χ4v) is 5.77. The van der Waals surface area contributed by atoms with Gasteiger partial charge in [0.25, 0.3) is 5.56 Å². The molecule has 11 heteroatoms. The number of carboxylic acids is 1. The number of aryl methyl sites for hydroxylation is 2. The molecule has 42 heavy (non-hydrogen) atoms. The van der Waals surface area contributed by atoms with Crippen LogP contribution in [0, 0.1) is 12.8 Å². The highest BCUT2D eigenvalue weighted by atomic mass is 16.4. The van der Waals surface area contributed by atoms with Gasteiger partial charge in [-0.1, -0.05) is 19.4 Å². The van der Waals surface area contributed by atoms with Gasteiger partial charge in [0.05, 0.1) is 12.1 Å². The monoisotopic (exact) mass is 576 g/mol. The van der Waals surface area contributed by atoms with Crippen LogP contribution in [0.1, 0.15) is 56.6 Å². The molecule has 1 aromatic heterocycles. The van der Waals surface area contributed by atoms with Crippen molar-refractivity contribution < 1.29 is 14.7 Å². The summed E-state index contributed by atoms with van der Waals surface area (Å²) >= 11 is 0. The van der Waals surface area contributed by atoms with Crippen LogP contribution in [-0.4, -0.2) is 74.8 Å². The molecule has 11 nitrogen and oxygen atoms in total. The van der Waals surface area contributed by atoms with E-state index < -0.39 is 11.7 Å². The number of H-pyrrole nitrogens is 1. The van der Waals surface area contributed by atoms with Crippen molar-refractivity contribution in [3.8, 4) is 0 Å². The molecule has 5 rings (SSSR count). The topological polar surface area (TPSA) is 140 Å². The number of hydrogen-bond acceptors (Lipinski definition) is 8. The van der Waals surface area contributed by atoms with Gasteiger partial charge in [0.2, 0.25) is 0 Å². The zero-order valence-electron chi connectivity index (χ0n) is 24.4. The summed E-state index contributed by atoms with van der Waals surface area (Å²) in [7, 11) is 0. The molecule has 3 aliphatic rings. The van der Waals surface area contributed by atoms with Crippen molar-refractivity contribution in [1.82, 2.24) is 19.4 Å². The molecule has 1 aliphatic carbocycles. The number of nitrogens with one attached hydrogen (secondary N) is 2. The maximum atomic E-state index is 12.7. The van der Waals surface area contributed by atoms with E-state index in [0.717, 1.165) is 76.9 Å². The standard InChI is InChI=1S/C31H40N6O5/c1-3-21-17-23(10-7-20(21)2)32-25-19-27(39)37(31(42)33-25)12-6-4-5-11-35-13-15-36(16-14-35)26-18-24(38)28(30(40)41)29(34-26)22-8-9-22/h7,10,17,19,22,32H,3-6,8-9,11-16,18H2,1-2H3,(H,33,42)(H,40,41). The Hall–Kier alpha value is -3.99. The van der Waals surface area contributed by atoms with Crippen LogP contribution < -0.4 is 16.6 Å². The first-order valence-corrected chi connectivity index (χ1v) is 15.0. The summed E-state index contributed by atoms with van der Waals surface area (Å²) in [6.07, 6.45) is 5.32. The Morgan fingerprint density at radius 2 is 1.79 bits per heavy atom. The average Bonchev–Trinajstić information content (AvgIpc) is 3.80. The van der Waals surface area contributed by atoms with Crippen LogP contribution in [0.3, 0.4) is 0 Å². The number of rotatable bonds is 11. The molecule has 224 valence electrons. The minimum atomic E-state index is -1.17. The van der Waals surface area contributed by atoms with Gasteiger partial charge in [0, 0.05) is 50.4 Å². The van der Waals surface area contributed by atoms with Crippen molar-refractivity contribution in [3.05, 3.63) is 67.5 Å². The SMILES string of the molecule is CCc1cc(Nc2cc(=O)n(CCCCCN3CCN(C4=NC(C5CC5)=C(C(=O)O)C(=O)C4)CC3)c(=O)[nH]2)ccc1C. The number of anilines is 2. The van der Waals surface area contributed by atoms with Crippen LogP contribution in [0.4, 0.5) is 11.5 Å². The number of aromatic amines is 1. The van der Waals surface area contributed by atoms with Crippen LogP contribution in [0.2, 0.25) is 0 Å². The van der Waals surface area contributed by atoms with E-state index in [1.54, 1.807) is 0 Å². The molecule has 0 unspecified atom stereocenters. The highest BCUT2D eigenvalue weighted by molar-refractivity contribution is 6.24. The van der Waals surface area contributed by atoms with Crippen molar-refractivity contribution in [2.45, 2.75) is 65.3 Å². The first kappa shape index (κ1) is 29.5. The Kier molecular flexibility index (Phi) is 9.06. The lowest BCUT2D eigenvalue weighted by Gasteiger charge is -2.37. The number of allylic oxidation sites excluding steroid dienone is 1. The molecule has 1 saturated heterocycles. The van der Waals surface area contributed by atoms with Gasteiger partial charge in [-0.3, -0.25) is 24.0 Å². The molecule has 3 heterocycles. The molecule has 0 bridgehead atoms. The predicted octanol–water partition coefficient (Wildman–Crippen LogP) is 3.06. The van der Waals surface area contributed by atoms with Crippen LogP contribution in [0.5, 0.6) is 0 Å². The third-order valence-electron chi connectivity index (χ3n) is 8.40. The number of aromatic nitrogens is 2. The average molecular weight is 577 g/mol. The third kappa shape index (κ3) is 6.89. The lowest BCUT2D eigenvalue weighted by Crippen LogP contribution is -2.50. The summed E-state index contributed by atoms with van der Waals surface area (Å²) in [5, 5.41) is 12.6. The van der Waals surface area contributed by atoms with E-state index >= 15 is 0 Å². The minimum absolute atomic E-state index is 0.0547. The molecule has 0 amide bonds. The Morgan fingerprint density at radius 3 is 2.45 bits per heavy atom. The number of nitrogens with zero attached hydrogens (tertiary/aromatic N) is 4. The van der Waals surface area contributed by atoms with Crippen molar-refractivity contribution in [2.75, 3.05) is 38.0 Å². The van der Waals surface area contributed by atoms with Gasteiger partial charge in [-0.15, -0.1) is 0 Å². The van der Waals surface area contributed by atoms with Crippen LogP contribution in [-0.2, 0) is 22.6 Å². The van der Waals surface area contributed by atoms with Crippen molar-refractivity contribution in [2.24, 2.45) is 10.9 Å². The van der Waals surface area contributed by atoms with E-state index in [1.165, 1.54) is 21.8 Å². The van der Waals surface area contributed by atoms with Crippen LogP contribution in [0.15, 0.2) is 50.1 Å². The largest absolute Gasteiger partial charge is 0.477 e. The summed E-state index contributed by atoms with van der Waals surface area (Å²) in [4.78, 5) is 61.4. The van der Waals surface area contributed by atoms with Gasteiger partial charge in [0.15, 0.2) is 5.78 Å². The lowest BCUT2D eigenvalue weighted by molar-refractivity contribution is -0.134. The van der Waals surface area contributed by atoms with Crippen molar-refractivity contribution in [1.29, 1.82) is 0 Å². The smallest absolute Gasteiger partial charge is 0.341 e. The molecular formula is C31H40N6O5. The summed E-state index contributed by atoms with van der Waals surface area (Å²) < 4.78 is 1.25. The number of carboxylic acid groups (broad SMARTS) is 1. The van der Waals surface area contributed by atoms with E-state index in [1.807, 2.05) is 18.2 Å². The molecule has 2 fully saturated rings. The van der Waals surface area contributed by atoms with Gasteiger partial charge in [-0.25, -0.2) is 14.6 Å². The van der Waals surface area contributed by atoms with E-state index in [9.17, 15) is 24.3 Å². The summed E-state index contributed by atoms with van der Waals surface area (Å²) in [6, 6.07) is 7.42. The van der Waals surface area contributed by atoms with Crippen molar-refractivity contribution in [3.63, 3.8) is 0 Å². The first-order valence-electron chi connectivity index (χ1n) is 15.0. The molecule has 2 aliphatic heterocycles. The zero-order chi connectivity index (χ0) is 29.8. The zero-order valence-corrected chi connectivity index (χ0v) is 24.4. The highest BCUT2D eigenvalue weighted by Gasteiger charge is 2.38. The number of hydrogen-bond donors (Lipinski definition) is 3. The fraction of sp³-hybridized carbons (Fsp3) is 0.516. The van der Waals surface area contributed by atoms with Gasteiger partial charge in [0.1, 0.15) is 17.2 Å². The molecule has 0 atom stereocenters. The third-order valence-corrected chi connectivity index (χ3v) is 8.40. The van der Waals surface area contributed by atoms with Gasteiger partial charge in [-0.05, 0) is 68.8 Å². The number of piperazine rings is 1. The summed E-state index contributed by atoms with van der Waals surface area (Å²) in [5.41, 5.74) is 2.87. The second-order valence-electron chi connectivity index (χ2n) is 11.5. The number of benzene rings is 1. The number of Topliss-reactive ketones (excluding diaryl/α,β-unsaturated/α-hetero) is 1. The van der Waals surface area contributed by atoms with Crippen LogP contribution in [0.25, 0.3) is 0 Å². The first-order chi connectivity index (χ1) is 20.2. The number of aliphatic imine (C=N–C) groups is 1. The molecule has 0 radical (unpaired) electrons. The van der Waals surface area contributed by atoms with Crippen molar-refractivity contribution >= 4 is 29.1 Å². The lowest BCUT2D eigenvalue weighted by atomic mass is 9.99. The quantitative estimate of drug-likeness (QED) is 0.274. The molecule has 2 aromatic rings. The molecule has 1 aromatic carbocycles. The van der Waals surface area contributed by atoms with E-state index in [-0.39, 0.29) is 29.3 Å². The fourth-order valence-electron chi connectivity index (χ4n) is 5.77. The van der Waals surface area contributed by atoms with Gasteiger partial charge in [-0.2, -0.15) is 0 Å². The van der Waals surface area contributed by atoms with Gasteiger partial charge < -0.3 is 15.3 Å². The maximum Gasteiger partial charge on any atom is 0.341 e. The second kappa shape index (κ2) is 12.9. The Bertz CT molecular complexity index is 1490. The van der Waals surface area contributed by atoms with Gasteiger partial charge >= 0.3 is 11.7 Å². The predicted molar refractivity (Wildman–Crippen MR) is 161 cm³/mol. The normalized spacial score (nSPS) is 17.9. The minimum Gasteiger partial charge on any atom is -0.477 e. The number of aliphatic carboxylic acids is 1. The molecule has 1 saturated carbocycles. The number of ketones is 1. The molecule has 0 spiro atoms. The summed E-state index contributed by atoms with van der Waals surface area (Å²) in [5.74, 6) is -0.311. The number of carbonyl (C=O) groups excluding carboxylic acids is 1. The highest BCUT2D eigenvalue weighted by Crippen LogP contribution is 2.40. The van der Waals surface area contributed by atoms with Crippen LogP contribution >= 0.6 is 0 Å². The Morgan fingerprint density at radius 1 is 1.05 bits per heavy atom. The second-order valence-corrected chi connectivity index (χ2v) is 11.5. The summed E-state index contributed by atoms with van der Waals surface area (Å²) in [6.45, 7) is 8.63. The Balaban J connectivity index is 1.06. The van der Waals surface area contributed by atoms with E-state index in [2.05, 4.69) is 38.9 Å².